The van der Waals surface area contributed by atoms with Crippen molar-refractivity contribution in [3.05, 3.63) is 29.6 Å². The molecule has 0 fully saturated rings. The highest BCUT2D eigenvalue weighted by molar-refractivity contribution is 6.45. The van der Waals surface area contributed by atoms with Gasteiger partial charge < -0.3 is 5.73 Å². The maximum Gasteiger partial charge on any atom is 0.268 e. The Morgan fingerprint density at radius 2 is 2.17 bits per heavy atom. The third-order valence-corrected chi connectivity index (χ3v) is 1.92. The average Bonchev–Trinajstić information content (AvgIpc) is 2.28. The summed E-state index contributed by atoms with van der Waals surface area (Å²) in [7, 11) is 0. The second-order valence-electron chi connectivity index (χ2n) is 3.10. The molecule has 0 atom stereocenters. The maximum atomic E-state index is 13.2. The first kappa shape index (κ1) is 13.5. The molecule has 1 aromatic rings. The van der Waals surface area contributed by atoms with Crippen LogP contribution in [0.15, 0.2) is 23.3 Å². The molecule has 94 valence electrons. The van der Waals surface area contributed by atoms with Crippen LogP contribution >= 0.6 is 0 Å². The van der Waals surface area contributed by atoms with Crippen molar-refractivity contribution < 1.29 is 13.2 Å². The highest BCUT2D eigenvalue weighted by Gasteiger charge is 2.18. The molecular weight excluding hydrogens is 247 g/mol. The molecule has 0 unspecified atom stereocenters. The Balaban J connectivity index is 3.10. The fourth-order valence-corrected chi connectivity index (χ4v) is 1.12. The fourth-order valence-electron chi connectivity index (χ4n) is 1.12. The first-order chi connectivity index (χ1) is 8.47. The van der Waals surface area contributed by atoms with Gasteiger partial charge in [0, 0.05) is 0 Å². The van der Waals surface area contributed by atoms with Crippen molar-refractivity contribution >= 4 is 17.2 Å². The van der Waals surface area contributed by atoms with E-state index >= 15 is 0 Å². The molecule has 1 aromatic carbocycles. The molecule has 5 nitrogen and oxygen atoms in total. The van der Waals surface area contributed by atoms with Crippen molar-refractivity contribution in [3.8, 4) is 6.07 Å². The van der Waals surface area contributed by atoms with Crippen LogP contribution < -0.4 is 11.2 Å². The zero-order valence-corrected chi connectivity index (χ0v) is 8.92. The summed E-state index contributed by atoms with van der Waals surface area (Å²) < 4.78 is 38.4. The minimum atomic E-state index is -3.04. The molecule has 0 saturated heterocycles. The van der Waals surface area contributed by atoms with Crippen molar-refractivity contribution in [2.24, 2.45) is 10.8 Å². The number of alkyl halides is 2. The summed E-state index contributed by atoms with van der Waals surface area (Å²) in [5, 5.41) is 18.9. The van der Waals surface area contributed by atoms with Crippen molar-refractivity contribution in [1.29, 1.82) is 10.7 Å². The Hall–Kier alpha value is -2.56. The van der Waals surface area contributed by atoms with Crippen LogP contribution in [0.1, 0.15) is 12.0 Å². The van der Waals surface area contributed by atoms with Gasteiger partial charge in [0.2, 0.25) is 5.71 Å². The third kappa shape index (κ3) is 2.98. The predicted molar refractivity (Wildman–Crippen MR) is 59.9 cm³/mol. The largest absolute Gasteiger partial charge is 0.382 e. The molecule has 4 N–H and O–H groups in total. The van der Waals surface area contributed by atoms with Crippen LogP contribution in [0.3, 0.4) is 0 Å². The molecule has 0 aliphatic rings. The quantitative estimate of drug-likeness (QED) is 0.436. The van der Waals surface area contributed by atoms with Crippen LogP contribution in [-0.4, -0.2) is 11.5 Å². The second-order valence-corrected chi connectivity index (χ2v) is 3.10. The van der Waals surface area contributed by atoms with Gasteiger partial charge in [-0.05, 0) is 12.1 Å². The van der Waals surface area contributed by atoms with E-state index < -0.39 is 29.4 Å². The number of hydrogen-bond acceptors (Lipinski definition) is 4. The molecule has 0 radical (unpaired) electrons. The Morgan fingerprint density at radius 3 is 2.67 bits per heavy atom. The van der Waals surface area contributed by atoms with Crippen LogP contribution in [0.5, 0.6) is 0 Å². The van der Waals surface area contributed by atoms with Crippen LogP contribution in [0.2, 0.25) is 0 Å². The van der Waals surface area contributed by atoms with Gasteiger partial charge in [-0.1, -0.05) is 6.07 Å². The molecule has 1 rings (SSSR count). The molecule has 0 aliphatic carbocycles. The van der Waals surface area contributed by atoms with E-state index in [1.165, 1.54) is 18.2 Å². The molecule has 0 spiro atoms. The second kappa shape index (κ2) is 5.67. The van der Waals surface area contributed by atoms with E-state index in [2.05, 4.69) is 10.5 Å². The minimum absolute atomic E-state index is 0.293. The van der Waals surface area contributed by atoms with Gasteiger partial charge in [-0.25, -0.2) is 13.2 Å². The summed E-state index contributed by atoms with van der Waals surface area (Å²) in [5.74, 6) is -1.72. The predicted octanol–water partition coefficient (Wildman–Crippen LogP) is 1.99. The van der Waals surface area contributed by atoms with E-state index in [-0.39, 0.29) is 5.69 Å². The Bertz CT molecular complexity index is 533. The lowest BCUT2D eigenvalue weighted by Gasteiger charge is -2.08. The summed E-state index contributed by atoms with van der Waals surface area (Å²) >= 11 is 0. The normalized spacial score (nSPS) is 11.2. The number of halogens is 3. The lowest BCUT2D eigenvalue weighted by atomic mass is 10.2. The standard InChI is InChI=1S/C10H8F3N5/c11-5-2-1-3-6(8(5)9(12)13)17-18-7(4-14)10(15)16/h1-3,9,17H,(H3,15,16)/b18-7+. The zero-order chi connectivity index (χ0) is 13.7. The summed E-state index contributed by atoms with van der Waals surface area (Å²) in [6.45, 7) is 0. The van der Waals surface area contributed by atoms with Gasteiger partial charge in [-0.3, -0.25) is 10.8 Å². The lowest BCUT2D eigenvalue weighted by molar-refractivity contribution is 0.147. The molecule has 0 aromatic heterocycles. The van der Waals surface area contributed by atoms with Gasteiger partial charge in [-0.15, -0.1) is 0 Å². The number of hydrogen-bond donors (Lipinski definition) is 3. The average molecular weight is 255 g/mol. The topological polar surface area (TPSA) is 98.0 Å². The highest BCUT2D eigenvalue weighted by Crippen LogP contribution is 2.29. The van der Waals surface area contributed by atoms with E-state index in [1.54, 1.807) is 0 Å². The van der Waals surface area contributed by atoms with Gasteiger partial charge in [0.15, 0.2) is 5.84 Å². The third-order valence-electron chi connectivity index (χ3n) is 1.92. The van der Waals surface area contributed by atoms with Crippen molar-refractivity contribution in [2.45, 2.75) is 6.43 Å². The molecular formula is C10H8F3N5. The van der Waals surface area contributed by atoms with Crippen molar-refractivity contribution in [3.63, 3.8) is 0 Å². The van der Waals surface area contributed by atoms with E-state index in [4.69, 9.17) is 16.4 Å². The van der Waals surface area contributed by atoms with Crippen LogP contribution in [-0.2, 0) is 0 Å². The molecule has 0 saturated carbocycles. The number of nitrogens with two attached hydrogens (primary N) is 1. The number of amidine groups is 1. The molecule has 8 heteroatoms. The molecule has 18 heavy (non-hydrogen) atoms. The Kier molecular flexibility index (Phi) is 4.26. The van der Waals surface area contributed by atoms with Crippen LogP contribution in [0.4, 0.5) is 18.9 Å². The van der Waals surface area contributed by atoms with E-state index in [0.717, 1.165) is 6.07 Å². The summed E-state index contributed by atoms with van der Waals surface area (Å²) in [6.07, 6.45) is -3.04. The number of benzene rings is 1. The van der Waals surface area contributed by atoms with Crippen LogP contribution in [0, 0.1) is 22.6 Å². The number of nitrogens with zero attached hydrogens (tertiary/aromatic N) is 2. The van der Waals surface area contributed by atoms with Crippen LogP contribution in [0.25, 0.3) is 0 Å². The molecule has 0 amide bonds. The summed E-state index contributed by atoms with van der Waals surface area (Å²) in [5.41, 5.74) is 5.46. The number of rotatable bonds is 4. The zero-order valence-electron chi connectivity index (χ0n) is 8.92. The molecule has 0 aliphatic heterocycles. The van der Waals surface area contributed by atoms with Crippen molar-refractivity contribution in [1.82, 2.24) is 0 Å². The summed E-state index contributed by atoms with van der Waals surface area (Å²) in [6, 6.07) is 4.75. The minimum Gasteiger partial charge on any atom is -0.382 e. The van der Waals surface area contributed by atoms with Gasteiger partial charge in [0.1, 0.15) is 11.9 Å². The Morgan fingerprint density at radius 1 is 1.50 bits per heavy atom. The molecule has 0 heterocycles. The number of nitriles is 1. The molecule has 0 bridgehead atoms. The summed E-state index contributed by atoms with van der Waals surface area (Å²) in [4.78, 5) is 0. The van der Waals surface area contributed by atoms with E-state index in [0.29, 0.717) is 0 Å². The maximum absolute atomic E-state index is 13.2. The van der Waals surface area contributed by atoms with Gasteiger partial charge in [0.25, 0.3) is 6.43 Å². The fraction of sp³-hybridized carbons (Fsp3) is 0.100. The first-order valence-corrected chi connectivity index (χ1v) is 4.62. The van der Waals surface area contributed by atoms with Gasteiger partial charge >= 0.3 is 0 Å². The van der Waals surface area contributed by atoms with Crippen molar-refractivity contribution in [2.75, 3.05) is 5.43 Å². The smallest absolute Gasteiger partial charge is 0.268 e. The van der Waals surface area contributed by atoms with Gasteiger partial charge in [0.05, 0.1) is 11.3 Å². The number of anilines is 1. The first-order valence-electron chi connectivity index (χ1n) is 4.62. The Labute approximate surface area is 100 Å². The van der Waals surface area contributed by atoms with Gasteiger partial charge in [-0.2, -0.15) is 10.4 Å². The highest BCUT2D eigenvalue weighted by atomic mass is 19.3. The van der Waals surface area contributed by atoms with E-state index in [1.807, 2.05) is 0 Å². The monoisotopic (exact) mass is 255 g/mol. The SMILES string of the molecule is N#C/C(=N\Nc1cccc(F)c1C(F)F)C(=N)N. The number of hydrazone groups is 1. The lowest BCUT2D eigenvalue weighted by Crippen LogP contribution is -2.22. The number of nitrogens with one attached hydrogen (secondary N) is 2. The van der Waals surface area contributed by atoms with E-state index in [9.17, 15) is 13.2 Å².